The van der Waals surface area contributed by atoms with Gasteiger partial charge < -0.3 is 5.32 Å². The number of rotatable bonds is 3. The highest BCUT2D eigenvalue weighted by Gasteiger charge is 2.35. The molecule has 2 atom stereocenters. The van der Waals surface area contributed by atoms with Crippen molar-refractivity contribution in [3.8, 4) is 17.2 Å². The number of hydrogen-bond acceptors (Lipinski definition) is 4. The molecule has 2 heterocycles. The molecule has 5 nitrogen and oxygen atoms in total. The van der Waals surface area contributed by atoms with Crippen molar-refractivity contribution in [3.63, 3.8) is 0 Å². The number of nitrogens with one attached hydrogen (secondary N) is 1. The summed E-state index contributed by atoms with van der Waals surface area (Å²) < 4.78 is 29.8. The quantitative estimate of drug-likeness (QED) is 0.707. The van der Waals surface area contributed by atoms with Crippen LogP contribution in [0.3, 0.4) is 0 Å². The van der Waals surface area contributed by atoms with Gasteiger partial charge in [0.15, 0.2) is 0 Å². The Morgan fingerprint density at radius 3 is 2.84 bits per heavy atom. The van der Waals surface area contributed by atoms with Crippen molar-refractivity contribution in [2.45, 2.75) is 31.7 Å². The number of aromatic nitrogens is 2. The maximum absolute atomic E-state index is 14.9. The Kier molecular flexibility index (Phi) is 5.06. The minimum Gasteiger partial charge on any atom is -0.365 e. The zero-order valence-corrected chi connectivity index (χ0v) is 17.2. The highest BCUT2D eigenvalue weighted by Crippen LogP contribution is 2.42. The molecule has 7 heteroatoms. The van der Waals surface area contributed by atoms with Crippen molar-refractivity contribution in [2.24, 2.45) is 5.92 Å². The first-order valence-corrected chi connectivity index (χ1v) is 10.6. The number of carbonyl (C=O) groups is 1. The topological polar surface area (TPSA) is 70.7 Å². The van der Waals surface area contributed by atoms with E-state index in [1.807, 2.05) is 30.4 Å². The van der Waals surface area contributed by atoms with Gasteiger partial charge in [-0.2, -0.15) is 15.0 Å². The molecule has 2 aliphatic carbocycles. The van der Waals surface area contributed by atoms with E-state index < -0.39 is 11.6 Å². The average molecular weight is 430 g/mol. The van der Waals surface area contributed by atoms with Gasteiger partial charge in [0.05, 0.1) is 17.3 Å². The van der Waals surface area contributed by atoms with Crippen LogP contribution in [-0.4, -0.2) is 21.7 Å². The van der Waals surface area contributed by atoms with Gasteiger partial charge in [-0.1, -0.05) is 30.4 Å². The smallest absolute Gasteiger partial charge is 0.250 e. The third-order valence-electron chi connectivity index (χ3n) is 6.14. The minimum absolute atomic E-state index is 0.00546. The van der Waals surface area contributed by atoms with E-state index in [4.69, 9.17) is 5.26 Å². The summed E-state index contributed by atoms with van der Waals surface area (Å²) in [6, 6.07) is 5.34. The fraction of sp³-hybridized carbons (Fsp3) is 0.240. The lowest BCUT2D eigenvalue weighted by atomic mass is 9.87. The van der Waals surface area contributed by atoms with Crippen LogP contribution in [0.2, 0.25) is 0 Å². The van der Waals surface area contributed by atoms with E-state index in [2.05, 4.69) is 16.5 Å². The molecule has 0 saturated heterocycles. The lowest BCUT2D eigenvalue weighted by molar-refractivity contribution is 0.0865. The van der Waals surface area contributed by atoms with Gasteiger partial charge in [-0.15, -0.1) is 0 Å². The first kappa shape index (κ1) is 20.1. The summed E-state index contributed by atoms with van der Waals surface area (Å²) >= 11 is 0. The number of fused-ring (bicyclic) bond motifs is 1. The van der Waals surface area contributed by atoms with E-state index in [-0.39, 0.29) is 29.9 Å². The molecule has 2 unspecified atom stereocenters. The van der Waals surface area contributed by atoms with Crippen molar-refractivity contribution in [1.29, 1.82) is 5.26 Å². The second-order valence-electron chi connectivity index (χ2n) is 8.15. The van der Waals surface area contributed by atoms with E-state index in [0.29, 0.717) is 35.5 Å². The summed E-state index contributed by atoms with van der Waals surface area (Å²) in [4.78, 5) is 13.1. The highest BCUT2D eigenvalue weighted by molar-refractivity contribution is 5.95. The molecule has 1 aromatic heterocycles. The predicted molar refractivity (Wildman–Crippen MR) is 118 cm³/mol. The van der Waals surface area contributed by atoms with Crippen molar-refractivity contribution >= 4 is 17.3 Å². The molecule has 0 bridgehead atoms. The molecule has 1 aromatic carbocycles. The van der Waals surface area contributed by atoms with E-state index in [9.17, 15) is 13.6 Å². The Bertz CT molecular complexity index is 1280. The van der Waals surface area contributed by atoms with Gasteiger partial charge in [0.25, 0.3) is 5.91 Å². The molecule has 1 aliphatic heterocycles. The largest absolute Gasteiger partial charge is 0.365 e. The number of carbonyl (C=O) groups excluding carboxylic acids is 1. The standard InChI is InChI=1S/C25H20F2N4O/c26-18-10-11-19(20(27)12-18)23-24(17-4-2-1-3-5-17)30-31-22(32)13-21(29-25(23)31)16-8-6-15(14-28)7-9-16/h1-2,4,6-8,10-12,16,21,29H,3,5,9,13H2. The number of hydrogen-bond donors (Lipinski definition) is 1. The average Bonchev–Trinajstić information content (AvgIpc) is 3.20. The Morgan fingerprint density at radius 1 is 1.28 bits per heavy atom. The summed E-state index contributed by atoms with van der Waals surface area (Å²) in [5.74, 6) is -1.13. The van der Waals surface area contributed by atoms with Gasteiger partial charge in [0.1, 0.15) is 17.5 Å². The van der Waals surface area contributed by atoms with Crippen LogP contribution in [0.15, 0.2) is 60.2 Å². The summed E-state index contributed by atoms with van der Waals surface area (Å²) in [6.45, 7) is 0. The van der Waals surface area contributed by atoms with Crippen molar-refractivity contribution in [3.05, 3.63) is 77.6 Å². The third-order valence-corrected chi connectivity index (χ3v) is 6.14. The second-order valence-corrected chi connectivity index (χ2v) is 8.15. The molecular formula is C25H20F2N4O. The zero-order valence-electron chi connectivity index (χ0n) is 17.2. The molecule has 1 N–H and O–H groups in total. The molecule has 32 heavy (non-hydrogen) atoms. The number of halogens is 2. The fourth-order valence-electron chi connectivity index (χ4n) is 4.48. The van der Waals surface area contributed by atoms with Gasteiger partial charge >= 0.3 is 0 Å². The SMILES string of the molecule is N#CC1=CCC(C2CC(=O)n3nc(C4=CC=CCC4)c(-c4ccc(F)cc4F)c3N2)C=C1. The minimum atomic E-state index is -0.704. The number of nitrogens with zero attached hydrogens (tertiary/aromatic N) is 3. The molecule has 2 aromatic rings. The predicted octanol–water partition coefficient (Wildman–Crippen LogP) is 5.41. The lowest BCUT2D eigenvalue weighted by Gasteiger charge is -2.31. The maximum Gasteiger partial charge on any atom is 0.250 e. The normalized spacial score (nSPS) is 22.0. The summed E-state index contributed by atoms with van der Waals surface area (Å²) in [7, 11) is 0. The molecular weight excluding hydrogens is 410 g/mol. The van der Waals surface area contributed by atoms with Crippen molar-refractivity contribution in [1.82, 2.24) is 9.78 Å². The summed E-state index contributed by atoms with van der Waals surface area (Å²) in [5.41, 5.74) is 2.70. The Morgan fingerprint density at radius 2 is 2.16 bits per heavy atom. The molecule has 0 amide bonds. The molecule has 0 radical (unpaired) electrons. The molecule has 0 fully saturated rings. The van der Waals surface area contributed by atoms with Crippen LogP contribution >= 0.6 is 0 Å². The number of benzene rings is 1. The number of nitriles is 1. The van der Waals surface area contributed by atoms with E-state index in [0.717, 1.165) is 18.1 Å². The Balaban J connectivity index is 1.62. The molecule has 160 valence electrons. The highest BCUT2D eigenvalue weighted by atomic mass is 19.1. The lowest BCUT2D eigenvalue weighted by Crippen LogP contribution is -2.38. The Hall–Kier alpha value is -3.79. The van der Waals surface area contributed by atoms with Gasteiger partial charge in [-0.25, -0.2) is 8.78 Å². The monoisotopic (exact) mass is 430 g/mol. The molecule has 5 rings (SSSR count). The summed E-state index contributed by atoms with van der Waals surface area (Å²) in [6.07, 6.45) is 13.8. The first-order chi connectivity index (χ1) is 15.5. The molecule has 0 saturated carbocycles. The summed E-state index contributed by atoms with van der Waals surface area (Å²) in [5, 5.41) is 17.0. The van der Waals surface area contributed by atoms with Crippen LogP contribution in [-0.2, 0) is 0 Å². The van der Waals surface area contributed by atoms with Crippen LogP contribution in [0.1, 0.15) is 36.2 Å². The van der Waals surface area contributed by atoms with Crippen molar-refractivity contribution < 1.29 is 13.6 Å². The van der Waals surface area contributed by atoms with Crippen LogP contribution in [0.4, 0.5) is 14.6 Å². The van der Waals surface area contributed by atoms with E-state index in [1.165, 1.54) is 16.8 Å². The van der Waals surface area contributed by atoms with E-state index in [1.54, 1.807) is 6.08 Å². The van der Waals surface area contributed by atoms with Gasteiger partial charge in [0.2, 0.25) is 0 Å². The van der Waals surface area contributed by atoms with Crippen LogP contribution < -0.4 is 5.32 Å². The van der Waals surface area contributed by atoms with Crippen LogP contribution in [0, 0.1) is 28.9 Å². The van der Waals surface area contributed by atoms with Gasteiger partial charge in [0, 0.05) is 35.6 Å². The fourth-order valence-corrected chi connectivity index (χ4v) is 4.48. The second kappa shape index (κ2) is 8.04. The van der Waals surface area contributed by atoms with Gasteiger partial charge in [-0.05, 0) is 43.0 Å². The molecule has 3 aliphatic rings. The molecule has 0 spiro atoms. The van der Waals surface area contributed by atoms with Crippen LogP contribution in [0.25, 0.3) is 16.7 Å². The van der Waals surface area contributed by atoms with Crippen LogP contribution in [0.5, 0.6) is 0 Å². The number of anilines is 1. The maximum atomic E-state index is 14.9. The zero-order chi connectivity index (χ0) is 22.2. The number of allylic oxidation sites excluding steroid dienone is 7. The van der Waals surface area contributed by atoms with Crippen molar-refractivity contribution in [2.75, 3.05) is 5.32 Å². The first-order valence-electron chi connectivity index (χ1n) is 10.6. The van der Waals surface area contributed by atoms with Gasteiger partial charge in [-0.3, -0.25) is 4.79 Å². The third kappa shape index (κ3) is 3.48. The Labute approximate surface area is 184 Å². The van der Waals surface area contributed by atoms with E-state index >= 15 is 0 Å².